The fourth-order valence-electron chi connectivity index (χ4n) is 2.52. The number of hydrogen-bond donors (Lipinski definition) is 1. The molecule has 5 heteroatoms. The molecular formula is C17H23N3OS. The molecule has 2 rings (SSSR count). The Balaban J connectivity index is 2.00. The van der Waals surface area contributed by atoms with Crippen LogP contribution < -0.4 is 5.32 Å². The quantitative estimate of drug-likeness (QED) is 0.844. The van der Waals surface area contributed by atoms with Crippen LogP contribution in [0.25, 0.3) is 0 Å². The summed E-state index contributed by atoms with van der Waals surface area (Å²) in [6.07, 6.45) is 2.85. The van der Waals surface area contributed by atoms with Gasteiger partial charge in [0.15, 0.2) is 5.11 Å². The van der Waals surface area contributed by atoms with Crippen LogP contribution in [0.1, 0.15) is 30.4 Å². The van der Waals surface area contributed by atoms with Crippen molar-refractivity contribution in [1.29, 1.82) is 5.26 Å². The first kappa shape index (κ1) is 16.7. The van der Waals surface area contributed by atoms with E-state index in [0.29, 0.717) is 18.1 Å². The summed E-state index contributed by atoms with van der Waals surface area (Å²) < 4.78 is 5.69. The monoisotopic (exact) mass is 317 g/mol. The lowest BCUT2D eigenvalue weighted by molar-refractivity contribution is 0.0922. The van der Waals surface area contributed by atoms with Crippen LogP contribution in [-0.4, -0.2) is 35.8 Å². The number of nitrogens with one attached hydrogen (secondary N) is 1. The second-order valence-corrected chi connectivity index (χ2v) is 6.11. The molecule has 22 heavy (non-hydrogen) atoms. The summed E-state index contributed by atoms with van der Waals surface area (Å²) in [5.74, 6) is 0. The van der Waals surface area contributed by atoms with Crippen molar-refractivity contribution in [2.24, 2.45) is 0 Å². The van der Waals surface area contributed by atoms with Gasteiger partial charge in [-0.3, -0.25) is 0 Å². The maximum absolute atomic E-state index is 8.84. The molecule has 1 N–H and O–H groups in total. The van der Waals surface area contributed by atoms with Crippen LogP contribution in [0.15, 0.2) is 18.2 Å². The first-order valence-electron chi connectivity index (χ1n) is 7.72. The zero-order valence-electron chi connectivity index (χ0n) is 13.3. The van der Waals surface area contributed by atoms with Crippen LogP contribution in [0.3, 0.4) is 0 Å². The zero-order valence-corrected chi connectivity index (χ0v) is 14.1. The number of hydrogen-bond acceptors (Lipinski definition) is 3. The number of aryl methyl sites for hydroxylation is 2. The zero-order chi connectivity index (χ0) is 15.9. The van der Waals surface area contributed by atoms with Crippen LogP contribution in [0.5, 0.6) is 0 Å². The van der Waals surface area contributed by atoms with Crippen molar-refractivity contribution in [3.05, 3.63) is 29.3 Å². The van der Waals surface area contributed by atoms with Gasteiger partial charge in [0, 0.05) is 25.4 Å². The third-order valence-electron chi connectivity index (χ3n) is 3.99. The molecule has 1 unspecified atom stereocenters. The Hall–Kier alpha value is -1.64. The Bertz CT molecular complexity index is 562. The largest absolute Gasteiger partial charge is 0.376 e. The minimum atomic E-state index is 0.221. The number of thiocarbonyl (C=S) groups is 1. The van der Waals surface area contributed by atoms with E-state index in [1.807, 2.05) is 11.0 Å². The lowest BCUT2D eigenvalue weighted by atomic mass is 10.1. The van der Waals surface area contributed by atoms with Crippen molar-refractivity contribution >= 4 is 23.0 Å². The lowest BCUT2D eigenvalue weighted by Crippen LogP contribution is -2.40. The first-order chi connectivity index (χ1) is 10.6. The van der Waals surface area contributed by atoms with E-state index in [0.717, 1.165) is 31.7 Å². The van der Waals surface area contributed by atoms with Gasteiger partial charge in [-0.1, -0.05) is 6.07 Å². The number of rotatable bonds is 5. The second-order valence-electron chi connectivity index (χ2n) is 5.72. The fraction of sp³-hybridized carbons (Fsp3) is 0.529. The molecule has 1 aliphatic heterocycles. The smallest absolute Gasteiger partial charge is 0.173 e. The Kier molecular flexibility index (Phi) is 6.17. The van der Waals surface area contributed by atoms with Crippen molar-refractivity contribution in [3.8, 4) is 6.07 Å². The molecule has 0 amide bonds. The summed E-state index contributed by atoms with van der Waals surface area (Å²) in [4.78, 5) is 2.05. The van der Waals surface area contributed by atoms with Crippen molar-refractivity contribution in [2.75, 3.05) is 25.0 Å². The summed E-state index contributed by atoms with van der Waals surface area (Å²) in [6, 6.07) is 8.40. The molecule has 1 aromatic rings. The van der Waals surface area contributed by atoms with Gasteiger partial charge in [0.25, 0.3) is 0 Å². The van der Waals surface area contributed by atoms with Crippen LogP contribution in [-0.2, 0) is 4.74 Å². The molecule has 0 radical (unpaired) electrons. The number of nitriles is 1. The lowest BCUT2D eigenvalue weighted by Gasteiger charge is -2.27. The molecule has 1 fully saturated rings. The van der Waals surface area contributed by atoms with E-state index in [2.05, 4.69) is 37.4 Å². The van der Waals surface area contributed by atoms with Crippen molar-refractivity contribution in [2.45, 2.75) is 39.2 Å². The molecule has 1 atom stereocenters. The molecule has 1 aliphatic rings. The number of nitrogens with zero attached hydrogens (tertiary/aromatic N) is 2. The summed E-state index contributed by atoms with van der Waals surface area (Å²) in [6.45, 7) is 6.39. The first-order valence-corrected chi connectivity index (χ1v) is 8.12. The molecule has 1 heterocycles. The van der Waals surface area contributed by atoms with Gasteiger partial charge in [-0.15, -0.1) is 0 Å². The molecule has 1 aromatic carbocycles. The average Bonchev–Trinajstić information content (AvgIpc) is 3.00. The predicted molar refractivity (Wildman–Crippen MR) is 92.9 cm³/mol. The van der Waals surface area contributed by atoms with E-state index in [1.165, 1.54) is 11.1 Å². The third kappa shape index (κ3) is 4.69. The van der Waals surface area contributed by atoms with Gasteiger partial charge >= 0.3 is 0 Å². The molecule has 0 aliphatic carbocycles. The highest BCUT2D eigenvalue weighted by atomic mass is 32.1. The van der Waals surface area contributed by atoms with Gasteiger partial charge in [0.05, 0.1) is 18.6 Å². The summed E-state index contributed by atoms with van der Waals surface area (Å²) >= 11 is 5.53. The summed E-state index contributed by atoms with van der Waals surface area (Å²) in [5, 5.41) is 12.8. The molecule has 0 saturated carbocycles. The molecule has 1 saturated heterocycles. The van der Waals surface area contributed by atoms with Gasteiger partial charge in [0.2, 0.25) is 0 Å². The highest BCUT2D eigenvalue weighted by Gasteiger charge is 2.20. The molecule has 118 valence electrons. The highest BCUT2D eigenvalue weighted by molar-refractivity contribution is 7.80. The van der Waals surface area contributed by atoms with E-state index in [1.54, 1.807) is 0 Å². The SMILES string of the molecule is Cc1ccc(NC(=S)N(CCC#N)CC2CCCO2)cc1C. The number of ether oxygens (including phenoxy) is 1. The van der Waals surface area contributed by atoms with Crippen molar-refractivity contribution in [3.63, 3.8) is 0 Å². The van der Waals surface area contributed by atoms with Gasteiger partial charge in [-0.2, -0.15) is 5.26 Å². The Morgan fingerprint density at radius 3 is 2.91 bits per heavy atom. The van der Waals surface area contributed by atoms with Crippen molar-refractivity contribution in [1.82, 2.24) is 4.90 Å². The summed E-state index contributed by atoms with van der Waals surface area (Å²) in [5.41, 5.74) is 3.48. The van der Waals surface area contributed by atoms with E-state index in [9.17, 15) is 0 Å². The normalized spacial score (nSPS) is 17.0. The Labute approximate surface area is 138 Å². The molecular weight excluding hydrogens is 294 g/mol. The van der Waals surface area contributed by atoms with Crippen LogP contribution in [0.2, 0.25) is 0 Å². The van der Waals surface area contributed by atoms with Crippen molar-refractivity contribution < 1.29 is 4.74 Å². The maximum Gasteiger partial charge on any atom is 0.173 e. The van der Waals surface area contributed by atoms with Gasteiger partial charge in [-0.25, -0.2) is 0 Å². The molecule has 0 aromatic heterocycles. The Morgan fingerprint density at radius 1 is 1.45 bits per heavy atom. The van der Waals surface area contributed by atoms with Gasteiger partial charge in [-0.05, 0) is 62.2 Å². The molecule has 0 spiro atoms. The predicted octanol–water partition coefficient (Wildman–Crippen LogP) is 3.39. The molecule has 0 bridgehead atoms. The minimum Gasteiger partial charge on any atom is -0.376 e. The third-order valence-corrected chi connectivity index (χ3v) is 4.35. The minimum absolute atomic E-state index is 0.221. The number of benzene rings is 1. The van der Waals surface area contributed by atoms with E-state index >= 15 is 0 Å². The topological polar surface area (TPSA) is 48.3 Å². The second kappa shape index (κ2) is 8.11. The highest BCUT2D eigenvalue weighted by Crippen LogP contribution is 2.17. The van der Waals surface area contributed by atoms with Crippen LogP contribution >= 0.6 is 12.2 Å². The number of anilines is 1. The van der Waals surface area contributed by atoms with Crippen LogP contribution in [0, 0.1) is 25.2 Å². The fourth-order valence-corrected chi connectivity index (χ4v) is 2.80. The standard InChI is InChI=1S/C17H23N3OS/c1-13-6-7-15(11-14(13)2)19-17(22)20(9-4-8-18)12-16-5-3-10-21-16/h6-7,11,16H,3-5,9-10,12H2,1-2H3,(H,19,22). The van der Waals surface area contributed by atoms with Gasteiger partial charge in [0.1, 0.15) is 0 Å². The van der Waals surface area contributed by atoms with E-state index in [-0.39, 0.29) is 6.10 Å². The summed E-state index contributed by atoms with van der Waals surface area (Å²) in [7, 11) is 0. The van der Waals surface area contributed by atoms with Crippen LogP contribution in [0.4, 0.5) is 5.69 Å². The average molecular weight is 317 g/mol. The van der Waals surface area contributed by atoms with E-state index in [4.69, 9.17) is 22.2 Å². The Morgan fingerprint density at radius 2 is 2.27 bits per heavy atom. The van der Waals surface area contributed by atoms with Gasteiger partial charge < -0.3 is 15.0 Å². The maximum atomic E-state index is 8.84. The van der Waals surface area contributed by atoms with E-state index < -0.39 is 0 Å². The molecule has 4 nitrogen and oxygen atoms in total.